The standard InChI is InChI=1S/C5H10O2S3/c1-8-5(9-2)4-10(3,6)7/h4H,1-3H3. The van der Waals surface area contributed by atoms with Crippen molar-refractivity contribution < 1.29 is 8.42 Å². The van der Waals surface area contributed by atoms with Gasteiger partial charge in [0.25, 0.3) is 0 Å². The van der Waals surface area contributed by atoms with Gasteiger partial charge in [0.05, 0.1) is 9.65 Å². The summed E-state index contributed by atoms with van der Waals surface area (Å²) in [5.41, 5.74) is 0. The lowest BCUT2D eigenvalue weighted by Gasteiger charge is -1.95. The third-order valence-electron chi connectivity index (χ3n) is 0.713. The van der Waals surface area contributed by atoms with Crippen molar-refractivity contribution in [3.05, 3.63) is 9.65 Å². The number of thioether (sulfide) groups is 2. The summed E-state index contributed by atoms with van der Waals surface area (Å²) in [5, 5.41) is 1.28. The summed E-state index contributed by atoms with van der Waals surface area (Å²) in [6, 6.07) is 0. The van der Waals surface area contributed by atoms with E-state index in [2.05, 4.69) is 0 Å². The summed E-state index contributed by atoms with van der Waals surface area (Å²) in [5.74, 6) is 0. The molecule has 0 atom stereocenters. The van der Waals surface area contributed by atoms with Crippen molar-refractivity contribution in [3.63, 3.8) is 0 Å². The molecule has 10 heavy (non-hydrogen) atoms. The molecule has 0 rings (SSSR count). The van der Waals surface area contributed by atoms with Crippen molar-refractivity contribution >= 4 is 33.4 Å². The highest BCUT2D eigenvalue weighted by Gasteiger charge is 1.98. The van der Waals surface area contributed by atoms with Gasteiger partial charge in [-0.3, -0.25) is 0 Å². The molecule has 0 heterocycles. The first kappa shape index (κ1) is 10.4. The molecule has 60 valence electrons. The van der Waals surface area contributed by atoms with Gasteiger partial charge >= 0.3 is 0 Å². The maximum absolute atomic E-state index is 10.7. The summed E-state index contributed by atoms with van der Waals surface area (Å²) in [4.78, 5) is 0. The zero-order chi connectivity index (χ0) is 8.20. The number of rotatable bonds is 3. The molecule has 0 N–H and O–H groups in total. The predicted molar refractivity (Wildman–Crippen MR) is 50.0 cm³/mol. The van der Waals surface area contributed by atoms with Crippen molar-refractivity contribution in [1.82, 2.24) is 0 Å². The highest BCUT2D eigenvalue weighted by atomic mass is 32.2. The van der Waals surface area contributed by atoms with Crippen molar-refractivity contribution in [2.75, 3.05) is 18.8 Å². The van der Waals surface area contributed by atoms with Crippen LogP contribution in [0.4, 0.5) is 0 Å². The SMILES string of the molecule is CSC(=CS(C)(=O)=O)SC. The van der Waals surface area contributed by atoms with E-state index in [4.69, 9.17) is 0 Å². The third-order valence-corrected chi connectivity index (χ3v) is 3.72. The smallest absolute Gasteiger partial charge is 0.170 e. The minimum absolute atomic E-state index is 0.822. The van der Waals surface area contributed by atoms with Crippen LogP contribution in [0.25, 0.3) is 0 Å². The van der Waals surface area contributed by atoms with Gasteiger partial charge in [-0.2, -0.15) is 0 Å². The molecular weight excluding hydrogens is 188 g/mol. The highest BCUT2D eigenvalue weighted by molar-refractivity contribution is 8.22. The van der Waals surface area contributed by atoms with Crippen molar-refractivity contribution in [1.29, 1.82) is 0 Å². The monoisotopic (exact) mass is 198 g/mol. The average molecular weight is 198 g/mol. The van der Waals surface area contributed by atoms with Crippen LogP contribution < -0.4 is 0 Å². The van der Waals surface area contributed by atoms with Crippen LogP contribution in [0.1, 0.15) is 0 Å². The topological polar surface area (TPSA) is 34.1 Å². The molecule has 0 aromatic carbocycles. The molecule has 0 spiro atoms. The van der Waals surface area contributed by atoms with E-state index in [-0.39, 0.29) is 0 Å². The number of hydrogen-bond donors (Lipinski definition) is 0. The van der Waals surface area contributed by atoms with Crippen molar-refractivity contribution in [3.8, 4) is 0 Å². The quantitative estimate of drug-likeness (QED) is 0.689. The second-order valence-corrected chi connectivity index (χ2v) is 5.52. The third kappa shape index (κ3) is 5.20. The predicted octanol–water partition coefficient (Wildman–Crippen LogP) is 1.56. The molecule has 2 nitrogen and oxygen atoms in total. The van der Waals surface area contributed by atoms with Crippen LogP contribution >= 0.6 is 23.5 Å². The van der Waals surface area contributed by atoms with Crippen molar-refractivity contribution in [2.45, 2.75) is 0 Å². The second kappa shape index (κ2) is 4.31. The Balaban J connectivity index is 4.42. The molecule has 0 aromatic heterocycles. The Labute approximate surface area is 70.4 Å². The first-order valence-electron chi connectivity index (χ1n) is 2.49. The van der Waals surface area contributed by atoms with E-state index < -0.39 is 9.84 Å². The van der Waals surface area contributed by atoms with Crippen LogP contribution in [0.5, 0.6) is 0 Å². The molecule has 0 aliphatic heterocycles. The Bertz CT molecular complexity index is 209. The van der Waals surface area contributed by atoms with Gasteiger partial charge in [0.1, 0.15) is 0 Å². The highest BCUT2D eigenvalue weighted by Crippen LogP contribution is 2.23. The van der Waals surface area contributed by atoms with Gasteiger partial charge in [0.2, 0.25) is 0 Å². The Morgan fingerprint density at radius 3 is 1.80 bits per heavy atom. The summed E-state index contributed by atoms with van der Waals surface area (Å²) in [6.07, 6.45) is 4.90. The van der Waals surface area contributed by atoms with E-state index in [1.807, 2.05) is 12.5 Å². The van der Waals surface area contributed by atoms with Gasteiger partial charge in [0.15, 0.2) is 9.84 Å². The van der Waals surface area contributed by atoms with E-state index in [1.54, 1.807) is 0 Å². The zero-order valence-corrected chi connectivity index (χ0v) is 8.57. The molecule has 0 fully saturated rings. The maximum atomic E-state index is 10.7. The molecule has 0 saturated heterocycles. The molecule has 0 saturated carbocycles. The van der Waals surface area contributed by atoms with E-state index in [0.29, 0.717) is 0 Å². The number of sulfone groups is 1. The lowest BCUT2D eigenvalue weighted by Crippen LogP contribution is -1.89. The zero-order valence-electron chi connectivity index (χ0n) is 6.12. The lowest BCUT2D eigenvalue weighted by atomic mass is 11.2. The van der Waals surface area contributed by atoms with E-state index in [1.165, 1.54) is 35.2 Å². The minimum atomic E-state index is -2.95. The fourth-order valence-electron chi connectivity index (χ4n) is 0.354. The fourth-order valence-corrected chi connectivity index (χ4v) is 3.19. The first-order chi connectivity index (χ1) is 4.49. The summed E-state index contributed by atoms with van der Waals surface area (Å²) in [7, 11) is -2.95. The lowest BCUT2D eigenvalue weighted by molar-refractivity contribution is 0.610. The molecule has 0 aliphatic carbocycles. The van der Waals surface area contributed by atoms with Crippen molar-refractivity contribution in [2.24, 2.45) is 0 Å². The minimum Gasteiger partial charge on any atom is -0.225 e. The van der Waals surface area contributed by atoms with Gasteiger partial charge in [-0.05, 0) is 12.5 Å². The molecule has 0 bridgehead atoms. The van der Waals surface area contributed by atoms with Crippen LogP contribution in [0.3, 0.4) is 0 Å². The van der Waals surface area contributed by atoms with Gasteiger partial charge in [-0.25, -0.2) is 8.42 Å². The normalized spacial score (nSPS) is 11.1. The van der Waals surface area contributed by atoms with Crippen LogP contribution in [-0.2, 0) is 9.84 Å². The van der Waals surface area contributed by atoms with Gasteiger partial charge in [-0.1, -0.05) is 0 Å². The molecule has 0 radical (unpaired) electrons. The Kier molecular flexibility index (Phi) is 4.47. The summed E-state index contributed by atoms with van der Waals surface area (Å²) < 4.78 is 22.1. The van der Waals surface area contributed by atoms with E-state index in [9.17, 15) is 8.42 Å². The van der Waals surface area contributed by atoms with E-state index >= 15 is 0 Å². The van der Waals surface area contributed by atoms with Gasteiger partial charge in [-0.15, -0.1) is 23.5 Å². The maximum Gasteiger partial charge on any atom is 0.170 e. The molecule has 0 aliphatic rings. The molecule has 0 amide bonds. The summed E-state index contributed by atoms with van der Waals surface area (Å²) in [6.45, 7) is 0. The Morgan fingerprint density at radius 1 is 1.30 bits per heavy atom. The average Bonchev–Trinajstić information content (AvgIpc) is 1.81. The van der Waals surface area contributed by atoms with Crippen LogP contribution in [0, 0.1) is 0 Å². The Hall–Kier alpha value is 0.390. The molecule has 5 heteroatoms. The number of hydrogen-bond acceptors (Lipinski definition) is 4. The van der Waals surface area contributed by atoms with Gasteiger partial charge < -0.3 is 0 Å². The first-order valence-corrected chi connectivity index (χ1v) is 6.89. The largest absolute Gasteiger partial charge is 0.225 e. The van der Waals surface area contributed by atoms with Crippen LogP contribution in [0.15, 0.2) is 9.65 Å². The Morgan fingerprint density at radius 2 is 1.70 bits per heavy atom. The van der Waals surface area contributed by atoms with E-state index in [0.717, 1.165) is 4.24 Å². The van der Waals surface area contributed by atoms with Crippen LogP contribution in [0.2, 0.25) is 0 Å². The molecular formula is C5H10O2S3. The van der Waals surface area contributed by atoms with Gasteiger partial charge in [0, 0.05) is 6.26 Å². The molecule has 0 aromatic rings. The summed E-state index contributed by atoms with van der Waals surface area (Å²) >= 11 is 2.88. The van der Waals surface area contributed by atoms with Crippen LogP contribution in [-0.4, -0.2) is 27.2 Å². The second-order valence-electron chi connectivity index (χ2n) is 1.67. The fraction of sp³-hybridized carbons (Fsp3) is 0.600. The molecule has 0 unspecified atom stereocenters.